The summed E-state index contributed by atoms with van der Waals surface area (Å²) in [7, 11) is -2.06. The predicted octanol–water partition coefficient (Wildman–Crippen LogP) is 2.23. The van der Waals surface area contributed by atoms with Crippen LogP contribution in [0.15, 0.2) is 47.6 Å². The zero-order chi connectivity index (χ0) is 20.0. The maximum Gasteiger partial charge on any atom is 0.260 e. The number of nitrogens with zero attached hydrogens (tertiary/aromatic N) is 2. The van der Waals surface area contributed by atoms with E-state index in [1.165, 1.54) is 6.21 Å². The van der Waals surface area contributed by atoms with E-state index in [1.807, 2.05) is 6.07 Å². The molecule has 0 saturated carbocycles. The first-order valence-corrected chi connectivity index (χ1v) is 10.1. The molecular weight excluding hydrogens is 366 g/mol. The van der Waals surface area contributed by atoms with Gasteiger partial charge in [0.05, 0.1) is 25.3 Å². The van der Waals surface area contributed by atoms with Crippen molar-refractivity contribution >= 4 is 27.8 Å². The molecule has 0 radical (unpaired) electrons. The normalized spacial score (nSPS) is 11.4. The molecule has 2 rings (SSSR count). The third-order valence-electron chi connectivity index (χ3n) is 3.90. The number of sulfonamides is 1. The summed E-state index contributed by atoms with van der Waals surface area (Å²) in [6, 6.07) is 12.6. The van der Waals surface area contributed by atoms with Gasteiger partial charge >= 0.3 is 0 Å². The Morgan fingerprint density at radius 2 is 1.74 bits per heavy atom. The number of methoxy groups -OCH3 is 1. The Hall–Kier alpha value is -2.87. The summed E-state index contributed by atoms with van der Waals surface area (Å²) in [6.45, 7) is 3.25. The molecule has 0 atom stereocenters. The van der Waals surface area contributed by atoms with Gasteiger partial charge in [0.1, 0.15) is 12.3 Å². The van der Waals surface area contributed by atoms with Crippen LogP contribution in [0.1, 0.15) is 16.7 Å². The van der Waals surface area contributed by atoms with Gasteiger partial charge < -0.3 is 4.74 Å². The average Bonchev–Trinajstić information content (AvgIpc) is 2.60. The van der Waals surface area contributed by atoms with E-state index in [1.54, 1.807) is 57.4 Å². The number of aryl methyl sites for hydroxylation is 2. The molecule has 0 aliphatic heterocycles. The number of para-hydroxylation sites is 1. The summed E-state index contributed by atoms with van der Waals surface area (Å²) in [5.41, 5.74) is 5.19. The lowest BCUT2D eigenvalue weighted by atomic mass is 10.1. The average molecular weight is 389 g/mol. The van der Waals surface area contributed by atoms with Crippen LogP contribution in [-0.2, 0) is 14.8 Å². The number of carbonyl (C=O) groups excluding carboxylic acids is 1. The van der Waals surface area contributed by atoms with Crippen molar-refractivity contribution in [2.45, 2.75) is 13.8 Å². The van der Waals surface area contributed by atoms with Gasteiger partial charge in [0.2, 0.25) is 10.0 Å². The van der Waals surface area contributed by atoms with E-state index in [9.17, 15) is 13.2 Å². The number of nitrogens with one attached hydrogen (secondary N) is 1. The number of rotatable bonds is 7. The summed E-state index contributed by atoms with van der Waals surface area (Å²) in [5, 5.41) is 3.88. The second-order valence-corrected chi connectivity index (χ2v) is 7.98. The van der Waals surface area contributed by atoms with Gasteiger partial charge in [-0.3, -0.25) is 9.10 Å². The van der Waals surface area contributed by atoms with Crippen molar-refractivity contribution < 1.29 is 17.9 Å². The molecule has 0 heterocycles. The number of hydrogen-bond acceptors (Lipinski definition) is 5. The van der Waals surface area contributed by atoms with Crippen LogP contribution in [0, 0.1) is 13.8 Å². The molecule has 8 heteroatoms. The molecule has 1 N–H and O–H groups in total. The van der Waals surface area contributed by atoms with E-state index in [0.29, 0.717) is 11.4 Å². The number of hydrazone groups is 1. The van der Waals surface area contributed by atoms with Gasteiger partial charge in [0.15, 0.2) is 0 Å². The van der Waals surface area contributed by atoms with Gasteiger partial charge in [0.25, 0.3) is 5.91 Å². The molecule has 0 aromatic heterocycles. The molecule has 7 nitrogen and oxygen atoms in total. The number of carbonyl (C=O) groups is 1. The topological polar surface area (TPSA) is 88.1 Å². The smallest absolute Gasteiger partial charge is 0.260 e. The van der Waals surface area contributed by atoms with E-state index < -0.39 is 15.9 Å². The zero-order valence-electron chi connectivity index (χ0n) is 15.8. The van der Waals surface area contributed by atoms with E-state index >= 15 is 0 Å². The number of benzene rings is 2. The third-order valence-corrected chi connectivity index (χ3v) is 5.01. The largest absolute Gasteiger partial charge is 0.497 e. The first-order valence-electron chi connectivity index (χ1n) is 8.22. The quantitative estimate of drug-likeness (QED) is 0.581. The van der Waals surface area contributed by atoms with Crippen LogP contribution in [0.3, 0.4) is 0 Å². The maximum absolute atomic E-state index is 12.2. The molecule has 0 fully saturated rings. The first-order chi connectivity index (χ1) is 12.7. The van der Waals surface area contributed by atoms with Crippen LogP contribution in [-0.4, -0.2) is 40.4 Å². The first kappa shape index (κ1) is 20.4. The summed E-state index contributed by atoms with van der Waals surface area (Å²) >= 11 is 0. The Morgan fingerprint density at radius 1 is 1.15 bits per heavy atom. The molecule has 0 spiro atoms. The lowest BCUT2D eigenvalue weighted by molar-refractivity contribution is -0.119. The van der Waals surface area contributed by atoms with Crippen molar-refractivity contribution in [2.24, 2.45) is 5.10 Å². The van der Waals surface area contributed by atoms with Crippen molar-refractivity contribution in [3.05, 3.63) is 59.2 Å². The van der Waals surface area contributed by atoms with E-state index in [2.05, 4.69) is 10.5 Å². The highest BCUT2D eigenvalue weighted by atomic mass is 32.2. The van der Waals surface area contributed by atoms with Crippen LogP contribution in [0.5, 0.6) is 5.75 Å². The van der Waals surface area contributed by atoms with Crippen LogP contribution >= 0.6 is 0 Å². The van der Waals surface area contributed by atoms with Crippen molar-refractivity contribution in [1.82, 2.24) is 5.43 Å². The number of ether oxygens (including phenoxy) is 1. The molecule has 0 bridgehead atoms. The van der Waals surface area contributed by atoms with Crippen molar-refractivity contribution in [1.29, 1.82) is 0 Å². The fourth-order valence-electron chi connectivity index (χ4n) is 2.60. The SMILES string of the molecule is COc1ccc(/C=N\NC(=O)CN(c2c(C)cccc2C)S(C)(=O)=O)cc1. The fraction of sp³-hybridized carbons (Fsp3) is 0.263. The highest BCUT2D eigenvalue weighted by Gasteiger charge is 2.23. The summed E-state index contributed by atoms with van der Waals surface area (Å²) in [6.07, 6.45) is 2.55. The molecule has 2 aromatic rings. The van der Waals surface area contributed by atoms with Gasteiger partial charge in [0, 0.05) is 0 Å². The lowest BCUT2D eigenvalue weighted by Gasteiger charge is -2.25. The monoisotopic (exact) mass is 389 g/mol. The number of amides is 1. The van der Waals surface area contributed by atoms with Crippen molar-refractivity contribution in [2.75, 3.05) is 24.2 Å². The zero-order valence-corrected chi connectivity index (χ0v) is 16.6. The Morgan fingerprint density at radius 3 is 2.26 bits per heavy atom. The van der Waals surface area contributed by atoms with E-state index in [0.717, 1.165) is 27.3 Å². The van der Waals surface area contributed by atoms with Crippen LogP contribution in [0.4, 0.5) is 5.69 Å². The standard InChI is InChI=1S/C19H23N3O4S/c1-14-6-5-7-15(2)19(14)22(27(4,24)25)13-18(23)21-20-12-16-8-10-17(26-3)11-9-16/h5-12H,13H2,1-4H3,(H,21,23)/b20-12-. The van der Waals surface area contributed by atoms with Crippen LogP contribution in [0.2, 0.25) is 0 Å². The second kappa shape index (κ2) is 8.68. The molecular formula is C19H23N3O4S. The van der Waals surface area contributed by atoms with Crippen LogP contribution < -0.4 is 14.5 Å². The van der Waals surface area contributed by atoms with Crippen molar-refractivity contribution in [3.8, 4) is 5.75 Å². The molecule has 0 saturated heterocycles. The lowest BCUT2D eigenvalue weighted by Crippen LogP contribution is -2.39. The molecule has 1 amide bonds. The van der Waals surface area contributed by atoms with Gasteiger partial charge in [-0.15, -0.1) is 0 Å². The number of anilines is 1. The highest BCUT2D eigenvalue weighted by Crippen LogP contribution is 2.26. The molecule has 144 valence electrons. The predicted molar refractivity (Wildman–Crippen MR) is 107 cm³/mol. The molecule has 0 unspecified atom stereocenters. The second-order valence-electron chi connectivity index (χ2n) is 6.08. The summed E-state index contributed by atoms with van der Waals surface area (Å²) in [5.74, 6) is 0.182. The molecule has 0 aliphatic rings. The Balaban J connectivity index is 2.11. The summed E-state index contributed by atoms with van der Waals surface area (Å²) in [4.78, 5) is 12.2. The van der Waals surface area contributed by atoms with Gasteiger partial charge in [-0.2, -0.15) is 5.10 Å². The Kier molecular flexibility index (Phi) is 6.57. The minimum atomic E-state index is -3.64. The van der Waals surface area contributed by atoms with Gasteiger partial charge in [-0.05, 0) is 54.8 Å². The maximum atomic E-state index is 12.2. The molecule has 2 aromatic carbocycles. The Bertz CT molecular complexity index is 918. The van der Waals surface area contributed by atoms with E-state index in [4.69, 9.17) is 4.74 Å². The van der Waals surface area contributed by atoms with E-state index in [-0.39, 0.29) is 6.54 Å². The summed E-state index contributed by atoms with van der Waals surface area (Å²) < 4.78 is 30.6. The minimum Gasteiger partial charge on any atom is -0.497 e. The highest BCUT2D eigenvalue weighted by molar-refractivity contribution is 7.92. The van der Waals surface area contributed by atoms with Crippen LogP contribution in [0.25, 0.3) is 0 Å². The Labute approximate surface area is 159 Å². The van der Waals surface area contributed by atoms with Gasteiger partial charge in [-0.25, -0.2) is 13.8 Å². The van der Waals surface area contributed by atoms with Gasteiger partial charge in [-0.1, -0.05) is 18.2 Å². The fourth-order valence-corrected chi connectivity index (χ4v) is 3.57. The molecule has 27 heavy (non-hydrogen) atoms. The third kappa shape index (κ3) is 5.55. The van der Waals surface area contributed by atoms with Crippen molar-refractivity contribution in [3.63, 3.8) is 0 Å². The molecule has 0 aliphatic carbocycles. The minimum absolute atomic E-state index is 0.357. The number of hydrogen-bond donors (Lipinski definition) is 1.